The largest absolute Gasteiger partial charge is 0.384 e. The highest BCUT2D eigenvalue weighted by molar-refractivity contribution is 7.13. The van der Waals surface area contributed by atoms with Gasteiger partial charge in [-0.05, 0) is 11.4 Å². The fourth-order valence-corrected chi connectivity index (χ4v) is 2.14. The maximum Gasteiger partial charge on any atom is 0.126 e. The normalized spacial score (nSPS) is 10.6. The van der Waals surface area contributed by atoms with Crippen LogP contribution in [0.2, 0.25) is 0 Å². The summed E-state index contributed by atoms with van der Waals surface area (Å²) >= 11 is 1.52. The van der Waals surface area contributed by atoms with Crippen molar-refractivity contribution in [2.45, 2.75) is 6.54 Å². The van der Waals surface area contributed by atoms with Crippen molar-refractivity contribution in [3.8, 4) is 10.6 Å². The number of aromatic nitrogens is 2. The fraction of sp³-hybridized carbons (Fsp3) is 0.200. The van der Waals surface area contributed by atoms with Gasteiger partial charge in [-0.1, -0.05) is 6.07 Å². The lowest BCUT2D eigenvalue weighted by atomic mass is 10.2. The van der Waals surface area contributed by atoms with Gasteiger partial charge in [-0.2, -0.15) is 5.10 Å². The first kappa shape index (κ1) is 10.8. The van der Waals surface area contributed by atoms with Gasteiger partial charge >= 0.3 is 0 Å². The number of hydrogen-bond donors (Lipinski definition) is 2. The number of amidine groups is 1. The zero-order valence-corrected chi connectivity index (χ0v) is 9.30. The van der Waals surface area contributed by atoms with Gasteiger partial charge in [0.15, 0.2) is 0 Å². The molecule has 3 N–H and O–H groups in total. The van der Waals surface area contributed by atoms with Crippen molar-refractivity contribution in [1.82, 2.24) is 9.78 Å². The number of hydrogen-bond acceptors (Lipinski definition) is 3. The summed E-state index contributed by atoms with van der Waals surface area (Å²) in [6.07, 6.45) is 1.61. The van der Waals surface area contributed by atoms with Gasteiger partial charge in [-0.3, -0.25) is 10.1 Å². The van der Waals surface area contributed by atoms with Gasteiger partial charge in [0.05, 0.1) is 17.0 Å². The average Bonchev–Trinajstić information content (AvgIpc) is 2.83. The van der Waals surface area contributed by atoms with Crippen molar-refractivity contribution in [3.05, 3.63) is 29.3 Å². The number of alkyl halides is 1. The van der Waals surface area contributed by atoms with Crippen molar-refractivity contribution >= 4 is 17.2 Å². The highest BCUT2D eigenvalue weighted by atomic mass is 32.1. The third-order valence-corrected chi connectivity index (χ3v) is 3.00. The molecule has 0 aliphatic carbocycles. The molecule has 2 aromatic heterocycles. The number of rotatable bonds is 4. The maximum atomic E-state index is 12.2. The second-order valence-electron chi connectivity index (χ2n) is 3.23. The minimum Gasteiger partial charge on any atom is -0.384 e. The second-order valence-corrected chi connectivity index (χ2v) is 4.18. The Bertz CT molecular complexity index is 489. The number of nitrogens with one attached hydrogen (secondary N) is 1. The van der Waals surface area contributed by atoms with Crippen LogP contribution in [-0.2, 0) is 6.54 Å². The van der Waals surface area contributed by atoms with E-state index in [0.717, 1.165) is 4.88 Å². The zero-order chi connectivity index (χ0) is 11.5. The summed E-state index contributed by atoms with van der Waals surface area (Å²) in [5.41, 5.74) is 6.67. The number of nitrogen functional groups attached to an aromatic ring is 1. The second kappa shape index (κ2) is 4.44. The molecule has 0 amide bonds. The molecule has 0 aromatic carbocycles. The molecule has 0 saturated heterocycles. The first-order valence-corrected chi connectivity index (χ1v) is 5.62. The van der Waals surface area contributed by atoms with Gasteiger partial charge < -0.3 is 5.73 Å². The molecular formula is C10H11FN4S. The van der Waals surface area contributed by atoms with Crippen LogP contribution in [0.3, 0.4) is 0 Å². The van der Waals surface area contributed by atoms with E-state index in [1.54, 1.807) is 6.20 Å². The standard InChI is InChI=1S/C10H11FN4S/c11-3-4-15-6-7(10(12)13)9(14-15)8-2-1-5-16-8/h1-2,5-6H,3-4H2,(H3,12,13). The van der Waals surface area contributed by atoms with Crippen molar-refractivity contribution in [2.24, 2.45) is 5.73 Å². The molecule has 0 fully saturated rings. The molecule has 16 heavy (non-hydrogen) atoms. The molecule has 4 nitrogen and oxygen atoms in total. The van der Waals surface area contributed by atoms with Crippen molar-refractivity contribution in [1.29, 1.82) is 5.41 Å². The molecule has 0 saturated carbocycles. The first-order valence-electron chi connectivity index (χ1n) is 4.74. The molecule has 0 aliphatic heterocycles. The summed E-state index contributed by atoms with van der Waals surface area (Å²) in [6, 6.07) is 3.80. The van der Waals surface area contributed by atoms with E-state index in [4.69, 9.17) is 11.1 Å². The Hall–Kier alpha value is -1.69. The van der Waals surface area contributed by atoms with Crippen LogP contribution in [-0.4, -0.2) is 22.3 Å². The molecular weight excluding hydrogens is 227 g/mol. The molecule has 0 aliphatic rings. The lowest BCUT2D eigenvalue weighted by Crippen LogP contribution is -2.11. The SMILES string of the molecule is N=C(N)c1cn(CCF)nc1-c1cccs1. The fourth-order valence-electron chi connectivity index (χ4n) is 1.41. The van der Waals surface area contributed by atoms with Crippen LogP contribution in [0.15, 0.2) is 23.7 Å². The molecule has 0 bridgehead atoms. The zero-order valence-electron chi connectivity index (χ0n) is 8.48. The molecule has 0 spiro atoms. The van der Waals surface area contributed by atoms with Gasteiger partial charge in [0.1, 0.15) is 18.2 Å². The quantitative estimate of drug-likeness (QED) is 0.630. The van der Waals surface area contributed by atoms with E-state index in [0.29, 0.717) is 11.3 Å². The third-order valence-electron chi connectivity index (χ3n) is 2.12. The van der Waals surface area contributed by atoms with Crippen LogP contribution in [0.4, 0.5) is 4.39 Å². The highest BCUT2D eigenvalue weighted by Gasteiger charge is 2.13. The monoisotopic (exact) mass is 238 g/mol. The number of aryl methyl sites for hydroxylation is 1. The predicted molar refractivity (Wildman–Crippen MR) is 62.5 cm³/mol. The summed E-state index contributed by atoms with van der Waals surface area (Å²) in [5.74, 6) is -0.0477. The third kappa shape index (κ3) is 1.96. The summed E-state index contributed by atoms with van der Waals surface area (Å²) < 4.78 is 13.7. The summed E-state index contributed by atoms with van der Waals surface area (Å²) in [4.78, 5) is 0.933. The molecule has 2 heterocycles. The number of nitrogens with zero attached hydrogens (tertiary/aromatic N) is 2. The molecule has 0 radical (unpaired) electrons. The van der Waals surface area contributed by atoms with Crippen LogP contribution in [0.25, 0.3) is 10.6 Å². The van der Waals surface area contributed by atoms with Gasteiger partial charge in [0.25, 0.3) is 0 Å². The van der Waals surface area contributed by atoms with Crippen LogP contribution < -0.4 is 5.73 Å². The van der Waals surface area contributed by atoms with Crippen LogP contribution in [0.1, 0.15) is 5.56 Å². The van der Waals surface area contributed by atoms with Crippen LogP contribution in [0, 0.1) is 5.41 Å². The lowest BCUT2D eigenvalue weighted by Gasteiger charge is -1.95. The van der Waals surface area contributed by atoms with Crippen molar-refractivity contribution in [3.63, 3.8) is 0 Å². The molecule has 6 heteroatoms. The van der Waals surface area contributed by atoms with Crippen molar-refractivity contribution in [2.75, 3.05) is 6.67 Å². The van der Waals surface area contributed by atoms with E-state index in [1.165, 1.54) is 16.0 Å². The van der Waals surface area contributed by atoms with E-state index >= 15 is 0 Å². The Balaban J connectivity index is 2.46. The van der Waals surface area contributed by atoms with E-state index < -0.39 is 6.67 Å². The molecule has 0 atom stereocenters. The van der Waals surface area contributed by atoms with Gasteiger partial charge in [0, 0.05) is 6.20 Å². The van der Waals surface area contributed by atoms with Crippen LogP contribution in [0.5, 0.6) is 0 Å². The van der Waals surface area contributed by atoms with E-state index in [9.17, 15) is 4.39 Å². The van der Waals surface area contributed by atoms with Gasteiger partial charge in [-0.15, -0.1) is 11.3 Å². The van der Waals surface area contributed by atoms with Gasteiger partial charge in [0.2, 0.25) is 0 Å². The molecule has 84 valence electrons. The summed E-state index contributed by atoms with van der Waals surface area (Å²) in [7, 11) is 0. The van der Waals surface area contributed by atoms with E-state index in [1.807, 2.05) is 17.5 Å². The Kier molecular flexibility index (Phi) is 3.00. The minimum absolute atomic E-state index is 0.0477. The predicted octanol–water partition coefficient (Wildman–Crippen LogP) is 1.87. The Morgan fingerprint density at radius 1 is 1.62 bits per heavy atom. The molecule has 2 rings (SSSR count). The Labute approximate surface area is 96.0 Å². The van der Waals surface area contributed by atoms with Crippen molar-refractivity contribution < 1.29 is 4.39 Å². The number of halogens is 1. The summed E-state index contributed by atoms with van der Waals surface area (Å²) in [5, 5.41) is 13.6. The van der Waals surface area contributed by atoms with Crippen LogP contribution >= 0.6 is 11.3 Å². The highest BCUT2D eigenvalue weighted by Crippen LogP contribution is 2.26. The maximum absolute atomic E-state index is 12.2. The minimum atomic E-state index is -0.483. The molecule has 0 unspecified atom stereocenters. The molecule has 2 aromatic rings. The average molecular weight is 238 g/mol. The van der Waals surface area contributed by atoms with E-state index in [-0.39, 0.29) is 12.4 Å². The first-order chi connectivity index (χ1) is 7.72. The topological polar surface area (TPSA) is 67.7 Å². The van der Waals surface area contributed by atoms with Gasteiger partial charge in [-0.25, -0.2) is 4.39 Å². The number of thiophene rings is 1. The number of nitrogens with two attached hydrogens (primary N) is 1. The summed E-state index contributed by atoms with van der Waals surface area (Å²) in [6.45, 7) is -0.297. The van der Waals surface area contributed by atoms with E-state index in [2.05, 4.69) is 5.10 Å². The smallest absolute Gasteiger partial charge is 0.126 e. The lowest BCUT2D eigenvalue weighted by molar-refractivity contribution is 0.427. The Morgan fingerprint density at radius 2 is 2.44 bits per heavy atom. The Morgan fingerprint density at radius 3 is 3.00 bits per heavy atom.